The Bertz CT molecular complexity index is 484. The van der Waals surface area contributed by atoms with E-state index in [0.717, 1.165) is 11.1 Å². The Labute approximate surface area is 94.7 Å². The Morgan fingerprint density at radius 2 is 1.75 bits per heavy atom. The molecule has 2 N–H and O–H groups in total. The van der Waals surface area contributed by atoms with E-state index in [-0.39, 0.29) is 0 Å². The number of aryl methyl sites for hydroxylation is 1. The van der Waals surface area contributed by atoms with E-state index in [1.165, 1.54) is 11.9 Å². The molecule has 0 fully saturated rings. The summed E-state index contributed by atoms with van der Waals surface area (Å²) in [6.07, 6.45) is 3.04. The van der Waals surface area contributed by atoms with Gasteiger partial charge in [-0.2, -0.15) is 0 Å². The molecular formula is C13H13N3. The number of hydrogen-bond donors (Lipinski definition) is 1. The van der Waals surface area contributed by atoms with Gasteiger partial charge in [0.1, 0.15) is 0 Å². The number of benzene rings is 1. The Morgan fingerprint density at radius 1 is 1.06 bits per heavy atom. The summed E-state index contributed by atoms with van der Waals surface area (Å²) in [6, 6.07) is 12.2. The first-order valence-electron chi connectivity index (χ1n) is 5.07. The van der Waals surface area contributed by atoms with Crippen LogP contribution in [0, 0.1) is 6.92 Å². The van der Waals surface area contributed by atoms with E-state index in [0.29, 0.717) is 5.82 Å². The van der Waals surface area contributed by atoms with Crippen molar-refractivity contribution in [3.05, 3.63) is 48.2 Å². The van der Waals surface area contributed by atoms with Gasteiger partial charge in [-0.25, -0.2) is 9.98 Å². The Morgan fingerprint density at radius 3 is 2.31 bits per heavy atom. The van der Waals surface area contributed by atoms with Crippen LogP contribution >= 0.6 is 0 Å². The average molecular weight is 211 g/mol. The number of hydrogen-bond acceptors (Lipinski definition) is 2. The van der Waals surface area contributed by atoms with Crippen molar-refractivity contribution in [3.63, 3.8) is 0 Å². The van der Waals surface area contributed by atoms with Gasteiger partial charge in [0.15, 0.2) is 5.82 Å². The molecule has 0 saturated carbocycles. The molecular weight excluding hydrogens is 198 g/mol. The summed E-state index contributed by atoms with van der Waals surface area (Å²) in [5, 5.41) is 0. The molecule has 0 amide bonds. The molecule has 0 radical (unpaired) electrons. The van der Waals surface area contributed by atoms with Crippen LogP contribution in [0.25, 0.3) is 11.1 Å². The molecule has 1 aromatic carbocycles. The van der Waals surface area contributed by atoms with E-state index < -0.39 is 0 Å². The maximum absolute atomic E-state index is 5.19. The van der Waals surface area contributed by atoms with E-state index in [1.54, 1.807) is 6.20 Å². The zero-order valence-electron chi connectivity index (χ0n) is 9.09. The summed E-state index contributed by atoms with van der Waals surface area (Å²) in [5.41, 5.74) is 8.68. The molecule has 1 heterocycles. The van der Waals surface area contributed by atoms with E-state index in [1.807, 2.05) is 12.1 Å². The van der Waals surface area contributed by atoms with E-state index >= 15 is 0 Å². The molecule has 0 aliphatic rings. The number of nitrogens with zero attached hydrogens (tertiary/aromatic N) is 2. The van der Waals surface area contributed by atoms with Gasteiger partial charge in [0.25, 0.3) is 0 Å². The largest absolute Gasteiger partial charge is 0.390 e. The SMILES string of the molecule is Cc1ccc(-c2ccc(N=CN)nc2)cc1. The first-order valence-corrected chi connectivity index (χ1v) is 5.07. The fourth-order valence-corrected chi connectivity index (χ4v) is 1.46. The van der Waals surface area contributed by atoms with Crippen LogP contribution < -0.4 is 5.73 Å². The molecule has 0 atom stereocenters. The summed E-state index contributed by atoms with van der Waals surface area (Å²) < 4.78 is 0. The zero-order chi connectivity index (χ0) is 11.4. The molecule has 0 bridgehead atoms. The van der Waals surface area contributed by atoms with Gasteiger partial charge >= 0.3 is 0 Å². The van der Waals surface area contributed by atoms with Gasteiger partial charge in [0, 0.05) is 11.8 Å². The Kier molecular flexibility index (Phi) is 2.96. The van der Waals surface area contributed by atoms with Crippen molar-refractivity contribution in [2.45, 2.75) is 6.92 Å². The first kappa shape index (κ1) is 10.4. The second kappa shape index (κ2) is 4.57. The normalized spacial score (nSPS) is 10.8. The Balaban J connectivity index is 2.31. The minimum Gasteiger partial charge on any atom is -0.390 e. The predicted octanol–water partition coefficient (Wildman–Crippen LogP) is 2.68. The molecule has 3 nitrogen and oxygen atoms in total. The fraction of sp³-hybridized carbons (Fsp3) is 0.0769. The number of pyridine rings is 1. The lowest BCUT2D eigenvalue weighted by Gasteiger charge is -2.01. The first-order chi connectivity index (χ1) is 7.79. The summed E-state index contributed by atoms with van der Waals surface area (Å²) >= 11 is 0. The second-order valence-corrected chi connectivity index (χ2v) is 3.55. The van der Waals surface area contributed by atoms with Crippen LogP contribution in [0.4, 0.5) is 5.82 Å². The zero-order valence-corrected chi connectivity index (χ0v) is 9.09. The topological polar surface area (TPSA) is 51.3 Å². The molecule has 0 spiro atoms. The minimum atomic E-state index is 0.623. The number of nitrogens with two attached hydrogens (primary N) is 1. The van der Waals surface area contributed by atoms with Crippen LogP contribution in [-0.4, -0.2) is 11.3 Å². The summed E-state index contributed by atoms with van der Waals surface area (Å²) in [6.45, 7) is 2.07. The maximum Gasteiger partial charge on any atom is 0.153 e. The quantitative estimate of drug-likeness (QED) is 0.613. The van der Waals surface area contributed by atoms with Crippen molar-refractivity contribution < 1.29 is 0 Å². The van der Waals surface area contributed by atoms with Crippen molar-refractivity contribution in [1.29, 1.82) is 0 Å². The molecule has 2 aromatic rings. The highest BCUT2D eigenvalue weighted by atomic mass is 14.9. The van der Waals surface area contributed by atoms with Crippen molar-refractivity contribution in [2.75, 3.05) is 0 Å². The summed E-state index contributed by atoms with van der Waals surface area (Å²) in [7, 11) is 0. The molecule has 0 aliphatic heterocycles. The van der Waals surface area contributed by atoms with Gasteiger partial charge in [0.2, 0.25) is 0 Å². The van der Waals surface area contributed by atoms with Crippen LogP contribution in [0.2, 0.25) is 0 Å². The molecule has 1 aromatic heterocycles. The molecule has 0 aliphatic carbocycles. The molecule has 0 saturated heterocycles. The highest BCUT2D eigenvalue weighted by Gasteiger charge is 1.97. The van der Waals surface area contributed by atoms with Crippen LogP contribution in [0.3, 0.4) is 0 Å². The third kappa shape index (κ3) is 2.25. The van der Waals surface area contributed by atoms with Crippen LogP contribution in [0.15, 0.2) is 47.6 Å². The highest BCUT2D eigenvalue weighted by molar-refractivity contribution is 5.64. The standard InChI is InChI=1S/C13H13N3/c1-10-2-4-11(5-3-10)12-6-7-13(15-8-12)16-9-14/h2-9H,1H3,(H2,14,15,16). The van der Waals surface area contributed by atoms with Crippen molar-refractivity contribution in [3.8, 4) is 11.1 Å². The van der Waals surface area contributed by atoms with Crippen molar-refractivity contribution in [2.24, 2.45) is 10.7 Å². The van der Waals surface area contributed by atoms with E-state index in [2.05, 4.69) is 41.2 Å². The van der Waals surface area contributed by atoms with Gasteiger partial charge in [0.05, 0.1) is 6.34 Å². The van der Waals surface area contributed by atoms with Crippen molar-refractivity contribution in [1.82, 2.24) is 4.98 Å². The fourth-order valence-electron chi connectivity index (χ4n) is 1.46. The molecule has 80 valence electrons. The molecule has 16 heavy (non-hydrogen) atoms. The lowest BCUT2D eigenvalue weighted by molar-refractivity contribution is 1.27. The maximum atomic E-state index is 5.19. The number of aliphatic imine (C=N–C) groups is 1. The van der Waals surface area contributed by atoms with Crippen LogP contribution in [-0.2, 0) is 0 Å². The van der Waals surface area contributed by atoms with Gasteiger partial charge in [-0.05, 0) is 24.6 Å². The summed E-state index contributed by atoms with van der Waals surface area (Å²) in [4.78, 5) is 8.09. The smallest absolute Gasteiger partial charge is 0.153 e. The van der Waals surface area contributed by atoms with Gasteiger partial charge < -0.3 is 5.73 Å². The van der Waals surface area contributed by atoms with Crippen molar-refractivity contribution >= 4 is 12.2 Å². The summed E-state index contributed by atoms with van der Waals surface area (Å²) in [5.74, 6) is 0.623. The van der Waals surface area contributed by atoms with Gasteiger partial charge in [-0.3, -0.25) is 0 Å². The van der Waals surface area contributed by atoms with E-state index in [4.69, 9.17) is 5.73 Å². The monoisotopic (exact) mass is 211 g/mol. The highest BCUT2D eigenvalue weighted by Crippen LogP contribution is 2.20. The molecule has 0 unspecified atom stereocenters. The third-order valence-electron chi connectivity index (χ3n) is 2.34. The van der Waals surface area contributed by atoms with Crippen LogP contribution in [0.1, 0.15) is 5.56 Å². The van der Waals surface area contributed by atoms with E-state index in [9.17, 15) is 0 Å². The lowest BCUT2D eigenvalue weighted by Crippen LogP contribution is -1.87. The molecule has 2 rings (SSSR count). The predicted molar refractivity (Wildman–Crippen MR) is 66.7 cm³/mol. The second-order valence-electron chi connectivity index (χ2n) is 3.55. The van der Waals surface area contributed by atoms with Gasteiger partial charge in [-0.1, -0.05) is 29.8 Å². The lowest BCUT2D eigenvalue weighted by atomic mass is 10.1. The Hall–Kier alpha value is -2.16. The third-order valence-corrected chi connectivity index (χ3v) is 2.34. The minimum absolute atomic E-state index is 0.623. The number of aromatic nitrogens is 1. The number of rotatable bonds is 2. The average Bonchev–Trinajstić information content (AvgIpc) is 2.32. The van der Waals surface area contributed by atoms with Gasteiger partial charge in [-0.15, -0.1) is 0 Å². The van der Waals surface area contributed by atoms with Crippen LogP contribution in [0.5, 0.6) is 0 Å². The molecule has 3 heteroatoms.